The number of amides is 1. The maximum absolute atomic E-state index is 13.9. The van der Waals surface area contributed by atoms with Crippen LogP contribution in [0.1, 0.15) is 34.1 Å². The summed E-state index contributed by atoms with van der Waals surface area (Å²) in [6, 6.07) is 16.3. The predicted octanol–water partition coefficient (Wildman–Crippen LogP) is 3.69. The molecule has 0 N–H and O–H groups in total. The van der Waals surface area contributed by atoms with Crippen LogP contribution in [-0.4, -0.2) is 65.3 Å². The maximum atomic E-state index is 13.9. The van der Waals surface area contributed by atoms with Crippen LogP contribution in [-0.2, 0) is 10.0 Å². The second kappa shape index (κ2) is 8.85. The Morgan fingerprint density at radius 3 is 2.37 bits per heavy atom. The van der Waals surface area contributed by atoms with Gasteiger partial charge in [-0.3, -0.25) is 9.59 Å². The lowest BCUT2D eigenvalue weighted by atomic mass is 9.99. The molecule has 1 fully saturated rings. The molecule has 7 nitrogen and oxygen atoms in total. The van der Waals surface area contributed by atoms with Crippen molar-refractivity contribution in [3.63, 3.8) is 0 Å². The first-order valence-corrected chi connectivity index (χ1v) is 13.1. The SMILES string of the molecule is CC1(S(=O)(=O)n2cc(C=O)c3ccccc32)C=C(N2CCN(C(=O)c3ccccc3)CC2)C=CC1. The molecule has 1 unspecified atom stereocenters. The third kappa shape index (κ3) is 3.97. The average molecular weight is 490 g/mol. The summed E-state index contributed by atoms with van der Waals surface area (Å²) in [5, 5.41) is 0.615. The van der Waals surface area contributed by atoms with Gasteiger partial charge in [0.2, 0.25) is 10.0 Å². The standard InChI is InChI=1S/C27H27N3O4S/c1-27(35(33,34)30-19-22(20-31)24-11-5-6-12-25(24)30)13-7-10-23(18-27)28-14-16-29(17-15-28)26(32)21-8-3-2-4-9-21/h2-12,18-20H,13-17H2,1H3. The summed E-state index contributed by atoms with van der Waals surface area (Å²) in [6.07, 6.45) is 8.09. The summed E-state index contributed by atoms with van der Waals surface area (Å²) in [5.41, 5.74) is 2.35. The lowest BCUT2D eigenvalue weighted by Crippen LogP contribution is -2.49. The number of fused-ring (bicyclic) bond motifs is 1. The third-order valence-corrected chi connectivity index (χ3v) is 9.18. The van der Waals surface area contributed by atoms with Crippen LogP contribution < -0.4 is 0 Å². The van der Waals surface area contributed by atoms with Gasteiger partial charge in [0.15, 0.2) is 6.29 Å². The van der Waals surface area contributed by atoms with Gasteiger partial charge in [-0.25, -0.2) is 12.4 Å². The van der Waals surface area contributed by atoms with Crippen molar-refractivity contribution in [1.29, 1.82) is 0 Å². The predicted molar refractivity (Wildman–Crippen MR) is 136 cm³/mol. The number of piperazine rings is 1. The monoisotopic (exact) mass is 489 g/mol. The molecule has 2 heterocycles. The van der Waals surface area contributed by atoms with E-state index in [2.05, 4.69) is 4.90 Å². The molecule has 1 amide bonds. The Balaban J connectivity index is 1.39. The Morgan fingerprint density at radius 1 is 0.971 bits per heavy atom. The first-order valence-electron chi connectivity index (χ1n) is 11.6. The van der Waals surface area contributed by atoms with Crippen LogP contribution in [0.25, 0.3) is 10.9 Å². The second-order valence-electron chi connectivity index (χ2n) is 9.15. The van der Waals surface area contributed by atoms with E-state index in [4.69, 9.17) is 0 Å². The van der Waals surface area contributed by atoms with Gasteiger partial charge in [-0.2, -0.15) is 0 Å². The van der Waals surface area contributed by atoms with Crippen LogP contribution in [0.4, 0.5) is 0 Å². The van der Waals surface area contributed by atoms with Gasteiger partial charge in [-0.1, -0.05) is 42.5 Å². The highest BCUT2D eigenvalue weighted by Crippen LogP contribution is 2.35. The number of aldehydes is 1. The van der Waals surface area contributed by atoms with Gasteiger partial charge in [0, 0.05) is 54.6 Å². The van der Waals surface area contributed by atoms with E-state index in [9.17, 15) is 18.0 Å². The molecule has 2 aromatic carbocycles. The molecule has 1 aliphatic heterocycles. The first-order chi connectivity index (χ1) is 16.8. The van der Waals surface area contributed by atoms with Crippen molar-refractivity contribution in [3.8, 4) is 0 Å². The van der Waals surface area contributed by atoms with Gasteiger partial charge >= 0.3 is 0 Å². The Kier molecular flexibility index (Phi) is 5.84. The van der Waals surface area contributed by atoms with E-state index in [-0.39, 0.29) is 5.91 Å². The molecule has 1 aromatic heterocycles. The number of para-hydroxylation sites is 1. The maximum Gasteiger partial charge on any atom is 0.253 e. The molecule has 0 bridgehead atoms. The molecule has 35 heavy (non-hydrogen) atoms. The summed E-state index contributed by atoms with van der Waals surface area (Å²) in [5.74, 6) is 0.0105. The smallest absolute Gasteiger partial charge is 0.253 e. The van der Waals surface area contributed by atoms with Crippen molar-refractivity contribution in [2.45, 2.75) is 18.1 Å². The minimum Gasteiger partial charge on any atom is -0.368 e. The number of aromatic nitrogens is 1. The number of nitrogens with zero attached hydrogens (tertiary/aromatic N) is 3. The van der Waals surface area contributed by atoms with E-state index in [1.165, 1.54) is 10.2 Å². The largest absolute Gasteiger partial charge is 0.368 e. The van der Waals surface area contributed by atoms with E-state index >= 15 is 0 Å². The molecular formula is C27H27N3O4S. The fourth-order valence-electron chi connectivity index (χ4n) is 4.83. The van der Waals surface area contributed by atoms with E-state index < -0.39 is 14.8 Å². The van der Waals surface area contributed by atoms with E-state index in [0.29, 0.717) is 60.9 Å². The van der Waals surface area contributed by atoms with Gasteiger partial charge in [-0.05, 0) is 43.7 Å². The van der Waals surface area contributed by atoms with Crippen molar-refractivity contribution in [1.82, 2.24) is 13.8 Å². The van der Waals surface area contributed by atoms with Crippen molar-refractivity contribution >= 4 is 33.1 Å². The number of carbonyl (C=O) groups excluding carboxylic acids is 2. The fourth-order valence-corrected chi connectivity index (χ4v) is 6.53. The highest BCUT2D eigenvalue weighted by Gasteiger charge is 2.41. The van der Waals surface area contributed by atoms with E-state index in [1.807, 2.05) is 53.5 Å². The molecule has 0 saturated carbocycles. The molecule has 180 valence electrons. The molecule has 0 spiro atoms. The zero-order valence-electron chi connectivity index (χ0n) is 19.5. The number of rotatable bonds is 5. The van der Waals surface area contributed by atoms with Crippen LogP contribution in [0.5, 0.6) is 0 Å². The van der Waals surface area contributed by atoms with Gasteiger partial charge < -0.3 is 9.80 Å². The minimum atomic E-state index is -3.87. The Bertz CT molecular complexity index is 1450. The number of hydrogen-bond acceptors (Lipinski definition) is 5. The molecule has 3 aromatic rings. The lowest BCUT2D eigenvalue weighted by Gasteiger charge is -2.39. The van der Waals surface area contributed by atoms with Crippen molar-refractivity contribution in [2.75, 3.05) is 26.2 Å². The normalized spacial score (nSPS) is 20.7. The molecule has 0 radical (unpaired) electrons. The average Bonchev–Trinajstić information content (AvgIpc) is 3.28. The van der Waals surface area contributed by atoms with Crippen molar-refractivity contribution in [2.24, 2.45) is 0 Å². The highest BCUT2D eigenvalue weighted by atomic mass is 32.2. The molecule has 5 rings (SSSR count). The minimum absolute atomic E-state index is 0.0105. The van der Waals surface area contributed by atoms with E-state index in [0.717, 1.165) is 5.70 Å². The van der Waals surface area contributed by atoms with Gasteiger partial charge in [0.1, 0.15) is 4.75 Å². The Hall–Kier alpha value is -3.65. The van der Waals surface area contributed by atoms with Gasteiger partial charge in [0.05, 0.1) is 5.52 Å². The van der Waals surface area contributed by atoms with E-state index in [1.54, 1.807) is 31.2 Å². The van der Waals surface area contributed by atoms with Crippen LogP contribution in [0, 0.1) is 0 Å². The Morgan fingerprint density at radius 2 is 1.66 bits per heavy atom. The number of hydrogen-bond donors (Lipinski definition) is 0. The lowest BCUT2D eigenvalue weighted by molar-refractivity contribution is 0.0672. The summed E-state index contributed by atoms with van der Waals surface area (Å²) in [4.78, 5) is 28.3. The molecule has 1 saturated heterocycles. The number of benzene rings is 2. The summed E-state index contributed by atoms with van der Waals surface area (Å²) >= 11 is 0. The van der Waals surface area contributed by atoms with Crippen LogP contribution >= 0.6 is 0 Å². The summed E-state index contributed by atoms with van der Waals surface area (Å²) in [6.45, 7) is 4.08. The second-order valence-corrected chi connectivity index (χ2v) is 11.4. The summed E-state index contributed by atoms with van der Waals surface area (Å²) in [7, 11) is -3.87. The van der Waals surface area contributed by atoms with Crippen molar-refractivity contribution < 1.29 is 18.0 Å². The quantitative estimate of drug-likeness (QED) is 0.511. The fraction of sp³-hybridized carbons (Fsp3) is 0.259. The Labute approximate surface area is 205 Å². The van der Waals surface area contributed by atoms with Gasteiger partial charge in [-0.15, -0.1) is 0 Å². The molecule has 1 aliphatic carbocycles. The summed E-state index contributed by atoms with van der Waals surface area (Å²) < 4.78 is 27.8. The molecular weight excluding hydrogens is 462 g/mol. The van der Waals surface area contributed by atoms with Gasteiger partial charge in [0.25, 0.3) is 5.91 Å². The third-order valence-electron chi connectivity index (χ3n) is 6.90. The number of carbonyl (C=O) groups is 2. The van der Waals surface area contributed by atoms with Crippen LogP contribution in [0.2, 0.25) is 0 Å². The topological polar surface area (TPSA) is 79.7 Å². The zero-order chi connectivity index (χ0) is 24.6. The number of allylic oxidation sites excluding steroid dienone is 2. The molecule has 2 aliphatic rings. The molecule has 8 heteroatoms. The molecule has 1 atom stereocenters. The zero-order valence-corrected chi connectivity index (χ0v) is 20.3. The first kappa shape index (κ1) is 23.1. The van der Waals surface area contributed by atoms with Crippen LogP contribution in [0.3, 0.4) is 0 Å². The van der Waals surface area contributed by atoms with Crippen LogP contribution in [0.15, 0.2) is 84.7 Å². The van der Waals surface area contributed by atoms with Crippen molar-refractivity contribution in [3.05, 3.63) is 95.8 Å². The highest BCUT2D eigenvalue weighted by molar-refractivity contribution is 7.91.